The molecule has 0 saturated carbocycles. The van der Waals surface area contributed by atoms with Crippen LogP contribution in [0.25, 0.3) is 0 Å². The Hall–Kier alpha value is -2.90. The van der Waals surface area contributed by atoms with Crippen molar-refractivity contribution in [1.29, 1.82) is 0 Å². The highest BCUT2D eigenvalue weighted by atomic mass is 16.9. The number of amides is 1. The lowest BCUT2D eigenvalue weighted by Gasteiger charge is -2.27. The molecule has 0 fully saturated rings. The molecular weight excluding hydrogens is 300 g/mol. The number of nitrogens with zero attached hydrogens (tertiary/aromatic N) is 3. The molecule has 1 unspecified atom stereocenters. The second-order valence-corrected chi connectivity index (χ2v) is 5.11. The van der Waals surface area contributed by atoms with E-state index in [2.05, 4.69) is 34.6 Å². The van der Waals surface area contributed by atoms with Crippen LogP contribution in [-0.4, -0.2) is 32.8 Å². The molecule has 23 heavy (non-hydrogen) atoms. The topological polar surface area (TPSA) is 110 Å². The molecule has 1 atom stereocenters. The molecule has 0 aliphatic heterocycles. The van der Waals surface area contributed by atoms with E-state index in [4.69, 9.17) is 15.3 Å². The van der Waals surface area contributed by atoms with Crippen molar-refractivity contribution in [3.63, 3.8) is 0 Å². The van der Waals surface area contributed by atoms with E-state index in [1.54, 1.807) is 19.6 Å². The fourth-order valence-corrected chi connectivity index (χ4v) is 2.87. The van der Waals surface area contributed by atoms with Gasteiger partial charge < -0.3 is 15.1 Å². The average molecular weight is 318 g/mol. The van der Waals surface area contributed by atoms with E-state index in [9.17, 15) is 4.79 Å². The number of aryl methyl sites for hydroxylation is 1. The van der Waals surface area contributed by atoms with Crippen LogP contribution in [0.2, 0.25) is 0 Å². The molecule has 1 heterocycles. The van der Waals surface area contributed by atoms with Gasteiger partial charge in [-0.05, 0) is 30.4 Å². The molecule has 3 rings (SSSR count). The smallest absolute Gasteiger partial charge is 0.291 e. The summed E-state index contributed by atoms with van der Waals surface area (Å²) in [5.74, 6) is -0.0828. The first-order chi connectivity index (χ1) is 11.0. The maximum absolute atomic E-state index is 11.9. The number of imidazole rings is 1. The molecule has 0 saturated heterocycles. The SMILES string of the molecule is CNC(=O)c1cncn1C1CCCc2ccccc21.O=[N+]([O-])O. The molecule has 0 bridgehead atoms. The van der Waals surface area contributed by atoms with E-state index >= 15 is 0 Å². The maximum Gasteiger partial charge on any atom is 0.291 e. The molecule has 0 radical (unpaired) electrons. The average Bonchev–Trinajstić information content (AvgIpc) is 3.02. The Bertz CT molecular complexity index is 694. The maximum atomic E-state index is 11.9. The summed E-state index contributed by atoms with van der Waals surface area (Å²) >= 11 is 0. The Morgan fingerprint density at radius 2 is 2.17 bits per heavy atom. The normalized spacial score (nSPS) is 15.8. The fraction of sp³-hybridized carbons (Fsp3) is 0.333. The van der Waals surface area contributed by atoms with Crippen LogP contribution in [0.1, 0.15) is 40.5 Å². The van der Waals surface area contributed by atoms with Gasteiger partial charge in [0, 0.05) is 7.05 Å². The van der Waals surface area contributed by atoms with E-state index in [0.717, 1.165) is 19.3 Å². The van der Waals surface area contributed by atoms with Gasteiger partial charge in [-0.2, -0.15) is 0 Å². The number of benzene rings is 1. The van der Waals surface area contributed by atoms with Gasteiger partial charge in [0.15, 0.2) is 0 Å². The summed E-state index contributed by atoms with van der Waals surface area (Å²) in [6, 6.07) is 8.70. The minimum Gasteiger partial charge on any atom is -0.354 e. The largest absolute Gasteiger partial charge is 0.354 e. The van der Waals surface area contributed by atoms with Gasteiger partial charge in [-0.25, -0.2) is 4.98 Å². The lowest BCUT2D eigenvalue weighted by Crippen LogP contribution is -2.25. The van der Waals surface area contributed by atoms with Crippen molar-refractivity contribution in [3.8, 4) is 0 Å². The van der Waals surface area contributed by atoms with Crippen LogP contribution in [0.5, 0.6) is 0 Å². The molecule has 1 amide bonds. The summed E-state index contributed by atoms with van der Waals surface area (Å²) in [6.07, 6.45) is 6.72. The lowest BCUT2D eigenvalue weighted by molar-refractivity contribution is -0.742. The Balaban J connectivity index is 0.000000433. The molecule has 2 N–H and O–H groups in total. The third kappa shape index (κ3) is 3.85. The molecule has 2 aromatic rings. The van der Waals surface area contributed by atoms with Gasteiger partial charge in [-0.3, -0.25) is 4.79 Å². The van der Waals surface area contributed by atoms with Gasteiger partial charge in [-0.1, -0.05) is 24.3 Å². The van der Waals surface area contributed by atoms with Crippen molar-refractivity contribution in [2.75, 3.05) is 7.05 Å². The molecule has 1 aliphatic carbocycles. The second kappa shape index (κ2) is 7.39. The predicted molar refractivity (Wildman–Crippen MR) is 81.9 cm³/mol. The minimum absolute atomic E-state index is 0.0828. The summed E-state index contributed by atoms with van der Waals surface area (Å²) in [7, 11) is 1.65. The van der Waals surface area contributed by atoms with Crippen LogP contribution in [0.3, 0.4) is 0 Å². The zero-order valence-electron chi connectivity index (χ0n) is 12.7. The van der Waals surface area contributed by atoms with Crippen LogP contribution in [0, 0.1) is 10.1 Å². The minimum atomic E-state index is -1.50. The molecule has 1 aliphatic rings. The molecule has 1 aromatic carbocycles. The number of rotatable bonds is 2. The van der Waals surface area contributed by atoms with Gasteiger partial charge in [0.25, 0.3) is 11.0 Å². The number of nitrogens with one attached hydrogen (secondary N) is 1. The number of carbonyl (C=O) groups is 1. The predicted octanol–water partition coefficient (Wildman–Crippen LogP) is 1.82. The molecule has 1 aromatic heterocycles. The van der Waals surface area contributed by atoms with Crippen molar-refractivity contribution in [2.24, 2.45) is 0 Å². The molecular formula is C15H18N4O4. The highest BCUT2D eigenvalue weighted by molar-refractivity contribution is 5.92. The van der Waals surface area contributed by atoms with Crippen molar-refractivity contribution in [1.82, 2.24) is 14.9 Å². The molecule has 8 nitrogen and oxygen atoms in total. The number of hydrogen-bond acceptors (Lipinski definition) is 4. The Kier molecular flexibility index (Phi) is 5.29. The standard InChI is InChI=1S/C15H17N3O.HNO3/c1-16-15(19)14-9-17-10-18(14)13-8-4-6-11-5-2-3-7-12(11)13;2-1(3)4/h2-3,5,7,9-10,13H,4,6,8H2,1H3,(H,16,19);(H,2,3,4). The number of aromatic nitrogens is 2. The van der Waals surface area contributed by atoms with E-state index < -0.39 is 5.09 Å². The van der Waals surface area contributed by atoms with Crippen molar-refractivity contribution >= 4 is 5.91 Å². The third-order valence-corrected chi connectivity index (χ3v) is 3.80. The lowest BCUT2D eigenvalue weighted by atomic mass is 9.87. The Labute approximate surface area is 132 Å². The Morgan fingerprint density at radius 3 is 2.87 bits per heavy atom. The van der Waals surface area contributed by atoms with Gasteiger partial charge in [0.1, 0.15) is 5.69 Å². The van der Waals surface area contributed by atoms with Crippen molar-refractivity contribution in [2.45, 2.75) is 25.3 Å². The van der Waals surface area contributed by atoms with E-state index in [1.807, 2.05) is 4.57 Å². The fourth-order valence-electron chi connectivity index (χ4n) is 2.87. The zero-order chi connectivity index (χ0) is 16.8. The van der Waals surface area contributed by atoms with Crippen LogP contribution in [0.4, 0.5) is 0 Å². The first kappa shape index (κ1) is 16.5. The summed E-state index contributed by atoms with van der Waals surface area (Å²) in [5.41, 5.74) is 3.33. The molecule has 0 spiro atoms. The van der Waals surface area contributed by atoms with Gasteiger partial charge in [-0.15, -0.1) is 10.1 Å². The monoisotopic (exact) mass is 318 g/mol. The van der Waals surface area contributed by atoms with Crippen molar-refractivity contribution < 1.29 is 15.1 Å². The second-order valence-electron chi connectivity index (χ2n) is 5.11. The first-order valence-corrected chi connectivity index (χ1v) is 7.19. The van der Waals surface area contributed by atoms with Crippen molar-refractivity contribution in [3.05, 3.63) is 63.7 Å². The highest BCUT2D eigenvalue weighted by Gasteiger charge is 2.24. The number of fused-ring (bicyclic) bond motifs is 1. The first-order valence-electron chi connectivity index (χ1n) is 7.19. The van der Waals surface area contributed by atoms with E-state index in [1.165, 1.54) is 11.1 Å². The van der Waals surface area contributed by atoms with Crippen LogP contribution < -0.4 is 5.32 Å². The summed E-state index contributed by atoms with van der Waals surface area (Å²) in [6.45, 7) is 0. The molecule has 122 valence electrons. The number of carbonyl (C=O) groups excluding carboxylic acids is 1. The quantitative estimate of drug-likeness (QED) is 0.648. The van der Waals surface area contributed by atoms with Gasteiger partial charge in [0.05, 0.1) is 18.6 Å². The van der Waals surface area contributed by atoms with E-state index in [0.29, 0.717) is 5.69 Å². The van der Waals surface area contributed by atoms with Gasteiger partial charge in [0.2, 0.25) is 0 Å². The van der Waals surface area contributed by atoms with Gasteiger partial charge >= 0.3 is 0 Å². The van der Waals surface area contributed by atoms with E-state index in [-0.39, 0.29) is 11.9 Å². The highest BCUT2D eigenvalue weighted by Crippen LogP contribution is 2.33. The third-order valence-electron chi connectivity index (χ3n) is 3.80. The zero-order valence-corrected chi connectivity index (χ0v) is 12.7. The summed E-state index contributed by atoms with van der Waals surface area (Å²) in [4.78, 5) is 24.4. The van der Waals surface area contributed by atoms with Crippen LogP contribution >= 0.6 is 0 Å². The summed E-state index contributed by atoms with van der Waals surface area (Å²) < 4.78 is 2.00. The molecule has 8 heteroatoms. The Morgan fingerprint density at radius 1 is 1.48 bits per heavy atom. The number of hydrogen-bond donors (Lipinski definition) is 2. The van der Waals surface area contributed by atoms with Crippen LogP contribution in [0.15, 0.2) is 36.8 Å². The summed E-state index contributed by atoms with van der Waals surface area (Å²) in [5, 5.41) is 16.3. The van der Waals surface area contributed by atoms with Crippen LogP contribution in [-0.2, 0) is 6.42 Å².